The molecule has 0 aliphatic carbocycles. The molecule has 5 aromatic rings. The van der Waals surface area contributed by atoms with Gasteiger partial charge in [0.15, 0.2) is 34.9 Å². The second-order valence-electron chi connectivity index (χ2n) is 10.9. The van der Waals surface area contributed by atoms with Crippen molar-refractivity contribution in [2.24, 2.45) is 0 Å². The Kier molecular flexibility index (Phi) is 9.46. The fourth-order valence-electron chi connectivity index (χ4n) is 4.97. The van der Waals surface area contributed by atoms with Crippen molar-refractivity contribution in [3.8, 4) is 63.2 Å². The van der Waals surface area contributed by atoms with Gasteiger partial charge in [0, 0.05) is 35.7 Å². The first kappa shape index (κ1) is 33.5. The summed E-state index contributed by atoms with van der Waals surface area (Å²) in [4.78, 5) is 12.7. The van der Waals surface area contributed by atoms with Gasteiger partial charge in [-0.25, -0.2) is 4.79 Å². The fraction of sp³-hybridized carbons (Fsp3) is 0.0833. The van der Waals surface area contributed by atoms with Crippen molar-refractivity contribution < 1.29 is 65.3 Å². The molecule has 0 fully saturated rings. The summed E-state index contributed by atoms with van der Waals surface area (Å²) >= 11 is 0. The lowest BCUT2D eigenvalue weighted by Crippen LogP contribution is -2.34. The molecule has 49 heavy (non-hydrogen) atoms. The van der Waals surface area contributed by atoms with Gasteiger partial charge in [0.1, 0.15) is 40.6 Å². The van der Waals surface area contributed by atoms with Crippen molar-refractivity contribution >= 4 is 18.1 Å². The van der Waals surface area contributed by atoms with E-state index in [1.54, 1.807) is 42.5 Å². The van der Waals surface area contributed by atoms with Gasteiger partial charge in [-0.3, -0.25) is 0 Å². The molecule has 1 aliphatic heterocycles. The standard InChI is InChI=1S/C22H18O10.C14H12O3/c23-11-6-14(25)12-8-19(32-22(30)10-4-16(27)20(29)17(28)5-10)21(31-18(12)7-11)9-1-2-13(24)15(26)3-9;15-12-5-3-10(4-6-12)1-2-11-7-13(16)9-14(17)8-11/h1-7,19,21,23-29H,8H2;1-9,15-17H. The second-order valence-corrected chi connectivity index (χ2v) is 10.9. The van der Waals surface area contributed by atoms with Crippen molar-refractivity contribution in [1.29, 1.82) is 0 Å². The van der Waals surface area contributed by atoms with E-state index in [9.17, 15) is 50.8 Å². The minimum absolute atomic E-state index is 0.0235. The monoisotopic (exact) mass is 670 g/mol. The maximum absolute atomic E-state index is 12.7. The Morgan fingerprint density at radius 3 is 1.84 bits per heavy atom. The summed E-state index contributed by atoms with van der Waals surface area (Å²) in [6.45, 7) is 0. The molecular weight excluding hydrogens is 640 g/mol. The van der Waals surface area contributed by atoms with E-state index >= 15 is 0 Å². The summed E-state index contributed by atoms with van der Waals surface area (Å²) in [5.74, 6) is -4.16. The van der Waals surface area contributed by atoms with Crippen molar-refractivity contribution in [2.75, 3.05) is 0 Å². The van der Waals surface area contributed by atoms with E-state index in [1.165, 1.54) is 30.3 Å². The number of phenolic OH excluding ortho intramolecular Hbond substituents is 10. The van der Waals surface area contributed by atoms with Crippen LogP contribution in [0.1, 0.15) is 38.7 Å². The number of fused-ring (bicyclic) bond motifs is 1. The molecule has 10 N–H and O–H groups in total. The van der Waals surface area contributed by atoms with Crippen LogP contribution >= 0.6 is 0 Å². The molecule has 2 atom stereocenters. The van der Waals surface area contributed by atoms with Gasteiger partial charge in [-0.2, -0.15) is 0 Å². The van der Waals surface area contributed by atoms with Gasteiger partial charge < -0.3 is 60.5 Å². The predicted octanol–water partition coefficient (Wildman–Crippen LogP) is 5.50. The van der Waals surface area contributed by atoms with E-state index in [-0.39, 0.29) is 57.8 Å². The zero-order valence-electron chi connectivity index (χ0n) is 25.3. The molecule has 0 radical (unpaired) electrons. The lowest BCUT2D eigenvalue weighted by Gasteiger charge is -2.34. The lowest BCUT2D eigenvalue weighted by molar-refractivity contribution is -0.0189. The molecule has 1 aliphatic rings. The maximum Gasteiger partial charge on any atom is 0.338 e. The third-order valence-electron chi connectivity index (χ3n) is 7.35. The third kappa shape index (κ3) is 7.92. The van der Waals surface area contributed by atoms with Crippen LogP contribution in [0.25, 0.3) is 12.2 Å². The molecule has 0 amide bonds. The van der Waals surface area contributed by atoms with E-state index in [2.05, 4.69) is 0 Å². The Hall–Kier alpha value is -6.89. The SMILES string of the molecule is O=C(OC1Cc2c(O)cc(O)cc2OC1c1ccc(O)c(O)c1)c1cc(O)c(O)c(O)c1.Oc1ccc(C=Cc2cc(O)cc(O)c2)cc1. The number of rotatable bonds is 5. The molecule has 13 nitrogen and oxygen atoms in total. The predicted molar refractivity (Wildman–Crippen MR) is 174 cm³/mol. The van der Waals surface area contributed by atoms with Crippen LogP contribution in [0.15, 0.2) is 84.9 Å². The van der Waals surface area contributed by atoms with Gasteiger partial charge >= 0.3 is 5.97 Å². The van der Waals surface area contributed by atoms with E-state index < -0.39 is 41.2 Å². The van der Waals surface area contributed by atoms with Gasteiger partial charge in [-0.05, 0) is 59.7 Å². The summed E-state index contributed by atoms with van der Waals surface area (Å²) in [7, 11) is 0. The molecule has 0 saturated carbocycles. The Balaban J connectivity index is 0.000000232. The van der Waals surface area contributed by atoms with Gasteiger partial charge in [0.05, 0.1) is 5.56 Å². The molecule has 5 aromatic carbocycles. The number of phenols is 10. The first-order valence-corrected chi connectivity index (χ1v) is 14.5. The van der Waals surface area contributed by atoms with Gasteiger partial charge in [0.25, 0.3) is 0 Å². The minimum Gasteiger partial charge on any atom is -0.508 e. The van der Waals surface area contributed by atoms with Crippen LogP contribution in [0.5, 0.6) is 63.2 Å². The summed E-state index contributed by atoms with van der Waals surface area (Å²) in [5.41, 5.74) is 1.95. The van der Waals surface area contributed by atoms with Crippen LogP contribution in [0.3, 0.4) is 0 Å². The highest BCUT2D eigenvalue weighted by Gasteiger charge is 2.37. The molecule has 0 saturated heterocycles. The smallest absolute Gasteiger partial charge is 0.338 e. The van der Waals surface area contributed by atoms with Gasteiger partial charge in [-0.15, -0.1) is 0 Å². The normalized spacial score (nSPS) is 15.0. The van der Waals surface area contributed by atoms with E-state index in [1.807, 2.05) is 6.08 Å². The summed E-state index contributed by atoms with van der Waals surface area (Å²) in [6.07, 6.45) is 1.47. The topological polar surface area (TPSA) is 238 Å². The van der Waals surface area contributed by atoms with Crippen LogP contribution in [0, 0.1) is 0 Å². The number of hydrogen-bond donors (Lipinski definition) is 10. The lowest BCUT2D eigenvalue weighted by atomic mass is 9.93. The van der Waals surface area contributed by atoms with E-state index in [0.717, 1.165) is 23.8 Å². The highest BCUT2D eigenvalue weighted by atomic mass is 16.6. The van der Waals surface area contributed by atoms with Crippen molar-refractivity contribution in [2.45, 2.75) is 18.6 Å². The number of carbonyl (C=O) groups is 1. The maximum atomic E-state index is 12.7. The Morgan fingerprint density at radius 1 is 0.592 bits per heavy atom. The number of aromatic hydroxyl groups is 10. The van der Waals surface area contributed by atoms with Crippen LogP contribution in [0.4, 0.5) is 0 Å². The Bertz CT molecular complexity index is 1990. The van der Waals surface area contributed by atoms with Crippen molar-refractivity contribution in [3.05, 3.63) is 113 Å². The van der Waals surface area contributed by atoms with Gasteiger partial charge in [-0.1, -0.05) is 30.4 Å². The summed E-state index contributed by atoms with van der Waals surface area (Å²) < 4.78 is 11.4. The molecule has 1 heterocycles. The number of carbonyl (C=O) groups excluding carboxylic acids is 1. The molecule has 0 aromatic heterocycles. The Labute approximate surface area is 277 Å². The number of ether oxygens (including phenoxy) is 2. The first-order chi connectivity index (χ1) is 23.3. The quantitative estimate of drug-likeness (QED) is 0.0632. The molecule has 0 spiro atoms. The van der Waals surface area contributed by atoms with Crippen molar-refractivity contribution in [1.82, 2.24) is 0 Å². The van der Waals surface area contributed by atoms with Crippen LogP contribution < -0.4 is 4.74 Å². The van der Waals surface area contributed by atoms with Crippen LogP contribution in [-0.4, -0.2) is 63.1 Å². The summed E-state index contributed by atoms with van der Waals surface area (Å²) in [5, 5.41) is 96.0. The number of hydrogen-bond acceptors (Lipinski definition) is 13. The average molecular weight is 671 g/mol. The molecule has 0 bridgehead atoms. The first-order valence-electron chi connectivity index (χ1n) is 14.5. The molecular formula is C36H30O13. The third-order valence-corrected chi connectivity index (χ3v) is 7.35. The average Bonchev–Trinajstić information content (AvgIpc) is 3.04. The molecule has 13 heteroatoms. The molecule has 2 unspecified atom stereocenters. The largest absolute Gasteiger partial charge is 0.508 e. The van der Waals surface area contributed by atoms with E-state index in [4.69, 9.17) is 14.6 Å². The molecule has 252 valence electrons. The van der Waals surface area contributed by atoms with Crippen LogP contribution in [-0.2, 0) is 11.2 Å². The van der Waals surface area contributed by atoms with Gasteiger partial charge in [0.2, 0.25) is 0 Å². The highest BCUT2D eigenvalue weighted by Crippen LogP contribution is 2.44. The number of esters is 1. The highest BCUT2D eigenvalue weighted by molar-refractivity contribution is 5.91. The minimum atomic E-state index is -1.06. The fourth-order valence-corrected chi connectivity index (χ4v) is 4.97. The zero-order valence-corrected chi connectivity index (χ0v) is 25.3. The number of benzene rings is 5. The van der Waals surface area contributed by atoms with Crippen LogP contribution in [0.2, 0.25) is 0 Å². The zero-order chi connectivity index (χ0) is 35.4. The van der Waals surface area contributed by atoms with Crippen molar-refractivity contribution in [3.63, 3.8) is 0 Å². The Morgan fingerprint density at radius 2 is 1.20 bits per heavy atom. The second kappa shape index (κ2) is 13.8. The summed E-state index contributed by atoms with van der Waals surface area (Å²) in [6, 6.07) is 19.2. The van der Waals surface area contributed by atoms with E-state index in [0.29, 0.717) is 11.1 Å². The molecule has 6 rings (SSSR count).